The van der Waals surface area contributed by atoms with Gasteiger partial charge in [0.15, 0.2) is 0 Å². The van der Waals surface area contributed by atoms with Gasteiger partial charge in [0.05, 0.1) is 28.8 Å². The van der Waals surface area contributed by atoms with Crippen molar-refractivity contribution in [3.05, 3.63) is 191 Å². The maximum atomic E-state index is 5.26. The van der Waals surface area contributed by atoms with Gasteiger partial charge >= 0.3 is 0 Å². The van der Waals surface area contributed by atoms with Crippen molar-refractivity contribution in [3.8, 4) is 33.8 Å². The van der Waals surface area contributed by atoms with Crippen LogP contribution in [-0.4, -0.2) is 15.7 Å². The molecule has 2 aromatic heterocycles. The zero-order valence-electron chi connectivity index (χ0n) is 28.9. The molecular formula is C48H39N3. The highest BCUT2D eigenvalue weighted by Gasteiger charge is 2.24. The molecule has 4 aromatic carbocycles. The van der Waals surface area contributed by atoms with Gasteiger partial charge in [0.25, 0.3) is 0 Å². The number of pyridine rings is 2. The molecular weight excluding hydrogens is 619 g/mol. The van der Waals surface area contributed by atoms with Gasteiger partial charge in [-0.25, -0.2) is 4.98 Å². The van der Waals surface area contributed by atoms with Crippen LogP contribution >= 0.6 is 0 Å². The summed E-state index contributed by atoms with van der Waals surface area (Å²) in [5.41, 5.74) is 18.8. The molecule has 1 unspecified atom stereocenters. The highest BCUT2D eigenvalue weighted by atomic mass is 14.8. The lowest BCUT2D eigenvalue weighted by Gasteiger charge is -2.23. The Morgan fingerprint density at radius 3 is 2.04 bits per heavy atom. The molecule has 9 rings (SSSR count). The number of fused-ring (bicyclic) bond motifs is 3. The van der Waals surface area contributed by atoms with E-state index < -0.39 is 0 Å². The Balaban J connectivity index is 0.991. The minimum absolute atomic E-state index is 0.0904. The van der Waals surface area contributed by atoms with Crippen LogP contribution in [0.1, 0.15) is 64.4 Å². The fourth-order valence-electron chi connectivity index (χ4n) is 7.76. The van der Waals surface area contributed by atoms with Gasteiger partial charge in [0.1, 0.15) is 0 Å². The topological polar surface area (TPSA) is 38.1 Å². The monoisotopic (exact) mass is 657 g/mol. The molecule has 6 aromatic rings. The van der Waals surface area contributed by atoms with Crippen molar-refractivity contribution in [1.82, 2.24) is 9.97 Å². The Kier molecular flexibility index (Phi) is 8.17. The first-order chi connectivity index (χ1) is 25.2. The smallest absolute Gasteiger partial charge is 0.0930 e. The van der Waals surface area contributed by atoms with Gasteiger partial charge in [-0.05, 0) is 113 Å². The molecule has 3 aliphatic rings. The van der Waals surface area contributed by atoms with Crippen LogP contribution in [0, 0.1) is 6.92 Å². The Morgan fingerprint density at radius 1 is 0.608 bits per heavy atom. The fraction of sp³-hybridized carbons (Fsp3) is 0.146. The van der Waals surface area contributed by atoms with E-state index in [1.54, 1.807) is 0 Å². The highest BCUT2D eigenvalue weighted by molar-refractivity contribution is 6.13. The van der Waals surface area contributed by atoms with E-state index in [0.717, 1.165) is 71.7 Å². The normalized spacial score (nSPS) is 16.4. The quantitative estimate of drug-likeness (QED) is 0.179. The van der Waals surface area contributed by atoms with E-state index in [0.29, 0.717) is 0 Å². The van der Waals surface area contributed by atoms with E-state index in [2.05, 4.69) is 159 Å². The maximum Gasteiger partial charge on any atom is 0.0930 e. The average molecular weight is 658 g/mol. The van der Waals surface area contributed by atoms with Crippen LogP contribution in [0.2, 0.25) is 0 Å². The van der Waals surface area contributed by atoms with Crippen molar-refractivity contribution in [2.45, 2.75) is 45.1 Å². The van der Waals surface area contributed by atoms with Gasteiger partial charge in [-0.3, -0.25) is 9.98 Å². The lowest BCUT2D eigenvalue weighted by Crippen LogP contribution is -2.11. The van der Waals surface area contributed by atoms with Crippen LogP contribution < -0.4 is 0 Å². The molecule has 1 atom stereocenters. The molecule has 0 N–H and O–H groups in total. The first kappa shape index (κ1) is 31.1. The van der Waals surface area contributed by atoms with Crippen molar-refractivity contribution in [3.63, 3.8) is 0 Å². The Bertz CT molecular complexity index is 2360. The van der Waals surface area contributed by atoms with Crippen LogP contribution in [0.25, 0.3) is 44.9 Å². The van der Waals surface area contributed by atoms with Crippen molar-refractivity contribution >= 4 is 16.9 Å². The largest absolute Gasteiger partial charge is 0.276 e. The van der Waals surface area contributed by atoms with Gasteiger partial charge in [-0.1, -0.05) is 133 Å². The van der Waals surface area contributed by atoms with Crippen LogP contribution in [0.5, 0.6) is 0 Å². The number of rotatable bonds is 6. The van der Waals surface area contributed by atoms with E-state index in [1.165, 1.54) is 50.1 Å². The highest BCUT2D eigenvalue weighted by Crippen LogP contribution is 2.39. The molecule has 0 radical (unpaired) electrons. The van der Waals surface area contributed by atoms with Gasteiger partial charge in [-0.2, -0.15) is 0 Å². The molecule has 0 spiro atoms. The van der Waals surface area contributed by atoms with Gasteiger partial charge in [-0.15, -0.1) is 0 Å². The average Bonchev–Trinajstić information content (AvgIpc) is 3.21. The number of allylic oxidation sites excluding steroid dienone is 5. The summed E-state index contributed by atoms with van der Waals surface area (Å²) in [7, 11) is 0. The van der Waals surface area contributed by atoms with Crippen molar-refractivity contribution < 1.29 is 0 Å². The van der Waals surface area contributed by atoms with Crippen LogP contribution in [-0.2, 0) is 12.8 Å². The Hall–Kier alpha value is -5.93. The lowest BCUT2D eigenvalue weighted by molar-refractivity contribution is 0.748. The summed E-state index contributed by atoms with van der Waals surface area (Å²) in [4.78, 5) is 15.6. The number of hydrogen-bond donors (Lipinski definition) is 0. The summed E-state index contributed by atoms with van der Waals surface area (Å²) in [6.07, 6.45) is 14.3. The number of aliphatic imine (C=N–C) groups is 1. The van der Waals surface area contributed by atoms with E-state index in [1.807, 2.05) is 0 Å². The van der Waals surface area contributed by atoms with Crippen LogP contribution in [0.15, 0.2) is 157 Å². The minimum atomic E-state index is 0.0904. The number of aryl methyl sites for hydroxylation is 2. The lowest BCUT2D eigenvalue weighted by atomic mass is 9.85. The number of hydrogen-bond acceptors (Lipinski definition) is 3. The third kappa shape index (κ3) is 6.21. The predicted octanol–water partition coefficient (Wildman–Crippen LogP) is 11.6. The maximum absolute atomic E-state index is 5.26. The molecule has 0 saturated heterocycles. The fourth-order valence-corrected chi connectivity index (χ4v) is 7.76. The standard InChI is InChI=1S/C48H39N3/c1-32-29-43(36-13-7-3-8-14-36)42-27-25-40-26-28-44(51-47(40)48(42)49-32)38-21-17-34(18-22-38)35-19-23-39(24-20-35)46-31-41(33-11-5-2-6-12-33)30-45(50-46)37-15-9-4-10-16-37/h2,4-7,9-24,26,28-29,31,45H,3,8,25,27,30H2,1H3. The van der Waals surface area contributed by atoms with Gasteiger partial charge < -0.3 is 0 Å². The first-order valence-corrected chi connectivity index (χ1v) is 18.1. The molecule has 1 aliphatic heterocycles. The predicted molar refractivity (Wildman–Crippen MR) is 212 cm³/mol. The van der Waals surface area contributed by atoms with E-state index >= 15 is 0 Å². The second kappa shape index (κ2) is 13.4. The minimum Gasteiger partial charge on any atom is -0.276 e. The van der Waals surface area contributed by atoms with E-state index in [9.17, 15) is 0 Å². The zero-order chi connectivity index (χ0) is 34.1. The zero-order valence-corrected chi connectivity index (χ0v) is 28.9. The summed E-state index contributed by atoms with van der Waals surface area (Å²) in [6.45, 7) is 2.10. The van der Waals surface area contributed by atoms with Gasteiger partial charge in [0.2, 0.25) is 0 Å². The molecule has 0 saturated carbocycles. The SMILES string of the molecule is Cc1cc(C2=CCCC=C2)c2c(n1)-c1nc(-c3ccc(-c4ccc(C5=NC(c6ccccc6)CC(c6ccccc6)=C5)cc4)cc3)ccc1CC2. The molecule has 3 heterocycles. The first-order valence-electron chi connectivity index (χ1n) is 18.1. The van der Waals surface area contributed by atoms with E-state index in [4.69, 9.17) is 15.0 Å². The summed E-state index contributed by atoms with van der Waals surface area (Å²) in [5, 5.41) is 0. The molecule has 246 valence electrons. The third-order valence-corrected chi connectivity index (χ3v) is 10.4. The summed E-state index contributed by atoms with van der Waals surface area (Å²) in [5.74, 6) is 0. The van der Waals surface area contributed by atoms with E-state index in [-0.39, 0.29) is 6.04 Å². The second-order valence-electron chi connectivity index (χ2n) is 13.8. The molecule has 2 aliphatic carbocycles. The van der Waals surface area contributed by atoms with Gasteiger partial charge in [0, 0.05) is 11.3 Å². The summed E-state index contributed by atoms with van der Waals surface area (Å²) >= 11 is 0. The Morgan fingerprint density at radius 2 is 1.31 bits per heavy atom. The number of nitrogens with zero attached hydrogens (tertiary/aromatic N) is 3. The molecule has 51 heavy (non-hydrogen) atoms. The molecule has 0 bridgehead atoms. The number of dihydropyridines is 1. The molecule has 0 fully saturated rings. The summed E-state index contributed by atoms with van der Waals surface area (Å²) in [6, 6.07) is 45.8. The molecule has 0 amide bonds. The number of aromatic nitrogens is 2. The summed E-state index contributed by atoms with van der Waals surface area (Å²) < 4.78 is 0. The number of benzene rings is 4. The van der Waals surface area contributed by atoms with Crippen molar-refractivity contribution in [2.24, 2.45) is 4.99 Å². The Labute approximate surface area is 300 Å². The molecule has 3 heteroatoms. The third-order valence-electron chi connectivity index (χ3n) is 10.4. The van der Waals surface area contributed by atoms with Crippen LogP contribution in [0.4, 0.5) is 0 Å². The van der Waals surface area contributed by atoms with Crippen molar-refractivity contribution in [2.75, 3.05) is 0 Å². The van der Waals surface area contributed by atoms with Crippen LogP contribution in [0.3, 0.4) is 0 Å². The second-order valence-corrected chi connectivity index (χ2v) is 13.8. The molecule has 3 nitrogen and oxygen atoms in total. The van der Waals surface area contributed by atoms with Crippen molar-refractivity contribution in [1.29, 1.82) is 0 Å².